The van der Waals surface area contributed by atoms with E-state index in [-0.39, 0.29) is 11.3 Å². The zero-order valence-corrected chi connectivity index (χ0v) is 15.2. The number of carbonyl (C=O) groups is 1. The number of nitrogens with zero attached hydrogens (tertiary/aromatic N) is 3. The van der Waals surface area contributed by atoms with Crippen LogP contribution in [0, 0.1) is 5.41 Å². The van der Waals surface area contributed by atoms with Crippen LogP contribution in [0.1, 0.15) is 24.8 Å². The molecular weight excluding hydrogens is 328 g/mol. The highest BCUT2D eigenvalue weighted by Crippen LogP contribution is 2.35. The molecule has 1 amide bonds. The first-order valence-corrected chi connectivity index (χ1v) is 9.32. The molecule has 0 aromatic carbocycles. The van der Waals surface area contributed by atoms with Gasteiger partial charge in [-0.3, -0.25) is 9.79 Å². The van der Waals surface area contributed by atoms with Gasteiger partial charge < -0.3 is 20.5 Å². The predicted molar refractivity (Wildman–Crippen MR) is 102 cm³/mol. The number of hydrogen-bond acceptors (Lipinski definition) is 3. The third-order valence-corrected chi connectivity index (χ3v) is 5.58. The predicted octanol–water partition coefficient (Wildman–Crippen LogP) is 1.28. The lowest BCUT2D eigenvalue weighted by Crippen LogP contribution is -2.51. The van der Waals surface area contributed by atoms with Gasteiger partial charge in [-0.25, -0.2) is 4.98 Å². The molecule has 0 radical (unpaired) electrons. The Bertz CT molecular complexity index is 828. The van der Waals surface area contributed by atoms with Crippen LogP contribution in [0.15, 0.2) is 29.5 Å². The number of rotatable bonds is 3. The maximum atomic E-state index is 11.7. The standard InChI is InChI=1S/C19H26N6O/c1-20-18(25-9-3-6-19(13-25)10-16(26)24-12-19)22-8-5-14-11-23-17-15(14)4-2-7-21-17/h2,4,7,11H,3,5-6,8-10,12-13H2,1H3,(H,20,22)(H,21,23)(H,24,26). The Kier molecular flexibility index (Phi) is 4.53. The number of aromatic nitrogens is 2. The smallest absolute Gasteiger partial charge is 0.220 e. The van der Waals surface area contributed by atoms with E-state index in [2.05, 4.69) is 36.6 Å². The Hall–Kier alpha value is -2.57. The highest BCUT2D eigenvalue weighted by Gasteiger charge is 2.42. The molecule has 0 aliphatic carbocycles. The summed E-state index contributed by atoms with van der Waals surface area (Å²) in [5.74, 6) is 1.11. The molecule has 2 aromatic rings. The summed E-state index contributed by atoms with van der Waals surface area (Å²) in [7, 11) is 1.83. The number of aliphatic imine (C=N–C) groups is 1. The van der Waals surface area contributed by atoms with Crippen molar-refractivity contribution in [1.29, 1.82) is 0 Å². The summed E-state index contributed by atoms with van der Waals surface area (Å²) in [6, 6.07) is 4.07. The number of guanidine groups is 1. The minimum absolute atomic E-state index is 0.0788. The molecular formula is C19H26N6O. The molecule has 7 nitrogen and oxygen atoms in total. The summed E-state index contributed by atoms with van der Waals surface area (Å²) in [6.45, 7) is 3.49. The monoisotopic (exact) mass is 354 g/mol. The van der Waals surface area contributed by atoms with Crippen LogP contribution in [0.2, 0.25) is 0 Å². The molecule has 1 unspecified atom stereocenters. The number of nitrogens with one attached hydrogen (secondary N) is 3. The molecule has 0 bridgehead atoms. The van der Waals surface area contributed by atoms with Crippen LogP contribution in [-0.2, 0) is 11.2 Å². The van der Waals surface area contributed by atoms with Crippen molar-refractivity contribution in [2.24, 2.45) is 10.4 Å². The molecule has 138 valence electrons. The molecule has 2 fully saturated rings. The number of H-pyrrole nitrogens is 1. The molecule has 2 aliphatic heterocycles. The third kappa shape index (κ3) is 3.25. The quantitative estimate of drug-likeness (QED) is 0.573. The van der Waals surface area contributed by atoms with Gasteiger partial charge in [0.05, 0.1) is 0 Å². The fourth-order valence-corrected chi connectivity index (χ4v) is 4.29. The fourth-order valence-electron chi connectivity index (χ4n) is 4.29. The van der Waals surface area contributed by atoms with E-state index in [0.717, 1.165) is 57.0 Å². The van der Waals surface area contributed by atoms with E-state index in [1.54, 1.807) is 6.20 Å². The van der Waals surface area contributed by atoms with Gasteiger partial charge in [0.15, 0.2) is 5.96 Å². The molecule has 2 aliphatic rings. The molecule has 0 saturated carbocycles. The Morgan fingerprint density at radius 2 is 2.42 bits per heavy atom. The van der Waals surface area contributed by atoms with Crippen LogP contribution < -0.4 is 10.6 Å². The minimum Gasteiger partial charge on any atom is -0.356 e. The minimum atomic E-state index is 0.0788. The van der Waals surface area contributed by atoms with Crippen LogP contribution in [0.4, 0.5) is 0 Å². The van der Waals surface area contributed by atoms with Crippen molar-refractivity contribution >= 4 is 22.9 Å². The number of piperidine rings is 1. The molecule has 2 aromatic heterocycles. The maximum Gasteiger partial charge on any atom is 0.220 e. The van der Waals surface area contributed by atoms with Crippen LogP contribution in [-0.4, -0.2) is 60.0 Å². The van der Waals surface area contributed by atoms with Gasteiger partial charge in [0, 0.05) is 62.8 Å². The first-order valence-electron chi connectivity index (χ1n) is 9.32. The Morgan fingerprint density at radius 1 is 1.50 bits per heavy atom. The lowest BCUT2D eigenvalue weighted by atomic mass is 9.79. The number of amides is 1. The second-order valence-corrected chi connectivity index (χ2v) is 7.42. The zero-order chi connectivity index (χ0) is 18.0. The lowest BCUT2D eigenvalue weighted by Gasteiger charge is -2.40. The topological polar surface area (TPSA) is 85.4 Å². The second kappa shape index (κ2) is 6.97. The van der Waals surface area contributed by atoms with Gasteiger partial charge in [0.25, 0.3) is 0 Å². The average Bonchev–Trinajstić information content (AvgIpc) is 3.22. The largest absolute Gasteiger partial charge is 0.356 e. The van der Waals surface area contributed by atoms with Crippen molar-refractivity contribution in [3.63, 3.8) is 0 Å². The first-order chi connectivity index (χ1) is 12.7. The summed E-state index contributed by atoms with van der Waals surface area (Å²) in [5, 5.41) is 7.67. The van der Waals surface area contributed by atoms with Gasteiger partial charge in [0.1, 0.15) is 5.65 Å². The molecule has 7 heteroatoms. The zero-order valence-electron chi connectivity index (χ0n) is 15.2. The molecule has 4 heterocycles. The van der Waals surface area contributed by atoms with E-state index >= 15 is 0 Å². The van der Waals surface area contributed by atoms with E-state index in [4.69, 9.17) is 0 Å². The second-order valence-electron chi connectivity index (χ2n) is 7.42. The van der Waals surface area contributed by atoms with Gasteiger partial charge in [0.2, 0.25) is 5.91 Å². The molecule has 2 saturated heterocycles. The Labute approximate surface area is 153 Å². The van der Waals surface area contributed by atoms with Gasteiger partial charge in [-0.1, -0.05) is 0 Å². The molecule has 3 N–H and O–H groups in total. The van der Waals surface area contributed by atoms with Crippen LogP contribution in [0.3, 0.4) is 0 Å². The van der Waals surface area contributed by atoms with Crippen LogP contribution >= 0.6 is 0 Å². The SMILES string of the molecule is CN=C(NCCc1c[nH]c2ncccc12)N1CCCC2(CNC(=O)C2)C1. The van der Waals surface area contributed by atoms with Crippen LogP contribution in [0.25, 0.3) is 11.0 Å². The highest BCUT2D eigenvalue weighted by molar-refractivity contribution is 5.82. The summed E-state index contributed by atoms with van der Waals surface area (Å²) >= 11 is 0. The molecule has 4 rings (SSSR count). The number of fused-ring (bicyclic) bond motifs is 1. The Morgan fingerprint density at radius 3 is 3.23 bits per heavy atom. The summed E-state index contributed by atoms with van der Waals surface area (Å²) in [5.41, 5.74) is 2.27. The summed E-state index contributed by atoms with van der Waals surface area (Å²) < 4.78 is 0. The van der Waals surface area contributed by atoms with Gasteiger partial charge in [-0.15, -0.1) is 0 Å². The van der Waals surface area contributed by atoms with Crippen molar-refractivity contribution in [2.75, 3.05) is 33.2 Å². The van der Waals surface area contributed by atoms with Gasteiger partial charge >= 0.3 is 0 Å². The van der Waals surface area contributed by atoms with Gasteiger partial charge in [-0.05, 0) is 37.0 Å². The Balaban J connectivity index is 1.36. The molecule has 1 atom stereocenters. The number of pyridine rings is 1. The molecule has 26 heavy (non-hydrogen) atoms. The van der Waals surface area contributed by atoms with Crippen molar-refractivity contribution in [2.45, 2.75) is 25.7 Å². The maximum absolute atomic E-state index is 11.7. The van der Waals surface area contributed by atoms with E-state index in [1.165, 1.54) is 10.9 Å². The number of aromatic amines is 1. The number of likely N-dealkylation sites (tertiary alicyclic amines) is 1. The lowest BCUT2D eigenvalue weighted by molar-refractivity contribution is -0.119. The van der Waals surface area contributed by atoms with E-state index in [9.17, 15) is 4.79 Å². The van der Waals surface area contributed by atoms with E-state index in [1.807, 2.05) is 19.3 Å². The van der Waals surface area contributed by atoms with Crippen molar-refractivity contribution in [1.82, 2.24) is 25.5 Å². The highest BCUT2D eigenvalue weighted by atomic mass is 16.1. The third-order valence-electron chi connectivity index (χ3n) is 5.58. The van der Waals surface area contributed by atoms with Crippen molar-refractivity contribution in [3.05, 3.63) is 30.1 Å². The van der Waals surface area contributed by atoms with Crippen molar-refractivity contribution < 1.29 is 4.79 Å². The summed E-state index contributed by atoms with van der Waals surface area (Å²) in [6.07, 6.45) is 7.60. The first kappa shape index (κ1) is 16.9. The summed E-state index contributed by atoms with van der Waals surface area (Å²) in [4.78, 5) is 26.0. The fraction of sp³-hybridized carbons (Fsp3) is 0.526. The number of carbonyl (C=O) groups excluding carboxylic acids is 1. The molecule has 1 spiro atoms. The van der Waals surface area contributed by atoms with E-state index in [0.29, 0.717) is 6.42 Å². The normalized spacial score (nSPS) is 23.7. The van der Waals surface area contributed by atoms with Crippen molar-refractivity contribution in [3.8, 4) is 0 Å². The van der Waals surface area contributed by atoms with E-state index < -0.39 is 0 Å². The van der Waals surface area contributed by atoms with Gasteiger partial charge in [-0.2, -0.15) is 0 Å². The average molecular weight is 354 g/mol. The number of hydrogen-bond donors (Lipinski definition) is 3. The van der Waals surface area contributed by atoms with Crippen LogP contribution in [0.5, 0.6) is 0 Å².